The van der Waals surface area contributed by atoms with Gasteiger partial charge in [0.05, 0.1) is 5.56 Å². The number of aliphatic carboxylic acids is 1. The smallest absolute Gasteiger partial charge is 0.417 e. The van der Waals surface area contributed by atoms with Crippen LogP contribution < -0.4 is 14.8 Å². The molecule has 156 valence electrons. The third-order valence-corrected chi connectivity index (χ3v) is 3.86. The summed E-state index contributed by atoms with van der Waals surface area (Å²) < 4.78 is 48.7. The molecule has 0 radical (unpaired) electrons. The number of nitrogens with zero attached hydrogens (tertiary/aromatic N) is 1. The lowest BCUT2D eigenvalue weighted by atomic mass is 10.3. The Morgan fingerprint density at radius 3 is 2.28 bits per heavy atom. The lowest BCUT2D eigenvalue weighted by Crippen LogP contribution is -2.44. The summed E-state index contributed by atoms with van der Waals surface area (Å²) in [6, 6.07) is 5.44. The van der Waals surface area contributed by atoms with Crippen molar-refractivity contribution in [2.24, 2.45) is 0 Å². The van der Waals surface area contributed by atoms with Crippen LogP contribution in [-0.2, 0) is 15.8 Å². The van der Waals surface area contributed by atoms with E-state index in [1.807, 2.05) is 0 Å². The molecule has 0 spiro atoms. The minimum Gasteiger partial charge on any atom is -0.481 e. The Hall–Kier alpha value is -3.01. The van der Waals surface area contributed by atoms with Gasteiger partial charge in [0.1, 0.15) is 22.6 Å². The lowest BCUT2D eigenvalue weighted by Gasteiger charge is -2.16. The minimum atomic E-state index is -4.57. The van der Waals surface area contributed by atoms with Crippen molar-refractivity contribution in [1.29, 1.82) is 0 Å². The van der Waals surface area contributed by atoms with Crippen LogP contribution in [0.4, 0.5) is 13.2 Å². The average molecular weight is 433 g/mol. The number of carboxylic acids is 1. The molecule has 0 aliphatic carbocycles. The van der Waals surface area contributed by atoms with Gasteiger partial charge in [0.15, 0.2) is 6.10 Å². The van der Waals surface area contributed by atoms with Gasteiger partial charge in [-0.3, -0.25) is 9.59 Å². The molecule has 1 aromatic carbocycles. The highest BCUT2D eigenvalue weighted by molar-refractivity contribution is 6.31. The number of halogens is 4. The van der Waals surface area contributed by atoms with Crippen molar-refractivity contribution < 1.29 is 37.3 Å². The number of hydrogen-bond acceptors (Lipinski definition) is 5. The first-order chi connectivity index (χ1) is 13.5. The molecule has 0 saturated carbocycles. The van der Waals surface area contributed by atoms with Gasteiger partial charge in [0.25, 0.3) is 5.91 Å². The van der Waals surface area contributed by atoms with E-state index in [9.17, 15) is 22.8 Å². The average Bonchev–Trinajstić information content (AvgIpc) is 2.63. The van der Waals surface area contributed by atoms with E-state index >= 15 is 0 Å². The predicted octanol–water partition coefficient (Wildman–Crippen LogP) is 3.90. The zero-order chi connectivity index (χ0) is 21.8. The lowest BCUT2D eigenvalue weighted by molar-refractivity contribution is -0.142. The number of pyridine rings is 1. The molecule has 1 aromatic heterocycles. The van der Waals surface area contributed by atoms with E-state index in [2.05, 4.69) is 10.3 Å². The van der Waals surface area contributed by atoms with Crippen molar-refractivity contribution >= 4 is 23.5 Å². The second kappa shape index (κ2) is 8.99. The summed E-state index contributed by atoms with van der Waals surface area (Å²) in [5.74, 6) is -1.48. The second-order valence-electron chi connectivity index (χ2n) is 5.91. The van der Waals surface area contributed by atoms with Crippen LogP contribution in [0.2, 0.25) is 5.02 Å². The molecule has 29 heavy (non-hydrogen) atoms. The molecule has 0 aliphatic heterocycles. The number of amides is 1. The topological polar surface area (TPSA) is 97.8 Å². The van der Waals surface area contributed by atoms with E-state index in [1.54, 1.807) is 0 Å². The zero-order valence-corrected chi connectivity index (χ0v) is 15.9. The fourth-order valence-corrected chi connectivity index (χ4v) is 2.21. The number of ether oxygens (including phenoxy) is 2. The number of nitrogens with one attached hydrogen (secondary N) is 1. The fraction of sp³-hybridized carbons (Fsp3) is 0.278. The summed E-state index contributed by atoms with van der Waals surface area (Å²) in [7, 11) is 0. The molecule has 2 atom stereocenters. The van der Waals surface area contributed by atoms with Gasteiger partial charge in [-0.1, -0.05) is 11.6 Å². The minimum absolute atomic E-state index is 0.205. The van der Waals surface area contributed by atoms with Crippen LogP contribution in [0.1, 0.15) is 19.4 Å². The third kappa shape index (κ3) is 6.24. The van der Waals surface area contributed by atoms with Crippen LogP contribution >= 0.6 is 11.6 Å². The fourth-order valence-electron chi connectivity index (χ4n) is 2.00. The molecule has 0 fully saturated rings. The highest BCUT2D eigenvalue weighted by Crippen LogP contribution is 2.34. The van der Waals surface area contributed by atoms with E-state index in [-0.39, 0.29) is 22.4 Å². The molecule has 0 saturated heterocycles. The van der Waals surface area contributed by atoms with Crippen molar-refractivity contribution in [3.05, 3.63) is 47.1 Å². The van der Waals surface area contributed by atoms with Crippen molar-refractivity contribution in [2.75, 3.05) is 0 Å². The van der Waals surface area contributed by atoms with Gasteiger partial charge in [-0.15, -0.1) is 0 Å². The number of carbonyl (C=O) groups is 2. The normalized spacial score (nSPS) is 13.3. The number of alkyl halides is 3. The monoisotopic (exact) mass is 432 g/mol. The van der Waals surface area contributed by atoms with E-state index in [0.717, 1.165) is 0 Å². The summed E-state index contributed by atoms with van der Waals surface area (Å²) in [5, 5.41) is 10.8. The first kappa shape index (κ1) is 22.3. The molecule has 0 aliphatic rings. The molecular weight excluding hydrogens is 417 g/mol. The van der Waals surface area contributed by atoms with Gasteiger partial charge in [0.2, 0.25) is 5.88 Å². The third-order valence-electron chi connectivity index (χ3n) is 3.58. The molecule has 1 heterocycles. The van der Waals surface area contributed by atoms with Gasteiger partial charge < -0.3 is 19.9 Å². The van der Waals surface area contributed by atoms with Crippen molar-refractivity contribution in [3.8, 4) is 17.4 Å². The standard InChI is InChI=1S/C18H16ClF3N2O5/c1-9(17(26)27)24-15(25)10(2)28-12-3-5-13(6-4-12)29-16-14(19)7-11(8-23-16)18(20,21)22/h3-10H,1-2H3,(H,24,25)(H,26,27). The maximum absolute atomic E-state index is 12.6. The summed E-state index contributed by atoms with van der Waals surface area (Å²) in [6.45, 7) is 2.76. The van der Waals surface area contributed by atoms with E-state index in [0.29, 0.717) is 12.3 Å². The second-order valence-corrected chi connectivity index (χ2v) is 6.32. The van der Waals surface area contributed by atoms with Crippen LogP contribution in [0.25, 0.3) is 0 Å². The highest BCUT2D eigenvalue weighted by Gasteiger charge is 2.31. The van der Waals surface area contributed by atoms with Crippen LogP contribution in [0.3, 0.4) is 0 Å². The van der Waals surface area contributed by atoms with Crippen molar-refractivity contribution in [3.63, 3.8) is 0 Å². The maximum Gasteiger partial charge on any atom is 0.417 e. The van der Waals surface area contributed by atoms with Crippen LogP contribution in [0.15, 0.2) is 36.5 Å². The molecule has 1 amide bonds. The Bertz CT molecular complexity index is 890. The van der Waals surface area contributed by atoms with Gasteiger partial charge in [-0.25, -0.2) is 4.98 Å². The highest BCUT2D eigenvalue weighted by atomic mass is 35.5. The molecule has 11 heteroatoms. The zero-order valence-electron chi connectivity index (χ0n) is 15.2. The van der Waals surface area contributed by atoms with E-state index in [1.165, 1.54) is 38.1 Å². The number of carboxylic acid groups (broad SMARTS) is 1. The number of carbonyl (C=O) groups excluding carboxylic acids is 1. The van der Waals surface area contributed by atoms with Gasteiger partial charge in [-0.05, 0) is 44.2 Å². The Labute approximate surface area is 168 Å². The Kier molecular flexibility index (Phi) is 6.91. The first-order valence-electron chi connectivity index (χ1n) is 8.18. The molecular formula is C18H16ClF3N2O5. The number of benzene rings is 1. The Morgan fingerprint density at radius 2 is 1.76 bits per heavy atom. The van der Waals surface area contributed by atoms with E-state index < -0.39 is 35.8 Å². The number of aromatic nitrogens is 1. The first-order valence-corrected chi connectivity index (χ1v) is 8.55. The SMILES string of the molecule is CC(NC(=O)C(C)Oc1ccc(Oc2ncc(C(F)(F)F)cc2Cl)cc1)C(=O)O. The predicted molar refractivity (Wildman–Crippen MR) is 96.1 cm³/mol. The van der Waals surface area contributed by atoms with Gasteiger partial charge in [-0.2, -0.15) is 13.2 Å². The largest absolute Gasteiger partial charge is 0.481 e. The van der Waals surface area contributed by atoms with Crippen LogP contribution in [0, 0.1) is 0 Å². The quantitative estimate of drug-likeness (QED) is 0.688. The summed E-state index contributed by atoms with van der Waals surface area (Å²) in [5.41, 5.74) is -0.997. The summed E-state index contributed by atoms with van der Waals surface area (Å²) in [6.07, 6.45) is -4.93. The Morgan fingerprint density at radius 1 is 1.17 bits per heavy atom. The number of hydrogen-bond donors (Lipinski definition) is 2. The van der Waals surface area contributed by atoms with Crippen LogP contribution in [0.5, 0.6) is 17.4 Å². The van der Waals surface area contributed by atoms with Gasteiger partial charge in [0, 0.05) is 6.20 Å². The molecule has 0 bridgehead atoms. The molecule has 2 rings (SSSR count). The van der Waals surface area contributed by atoms with Crippen molar-refractivity contribution in [2.45, 2.75) is 32.2 Å². The Balaban J connectivity index is 2.00. The molecule has 7 nitrogen and oxygen atoms in total. The molecule has 2 aromatic rings. The van der Waals surface area contributed by atoms with E-state index in [4.69, 9.17) is 26.2 Å². The maximum atomic E-state index is 12.6. The van der Waals surface area contributed by atoms with Crippen molar-refractivity contribution in [1.82, 2.24) is 10.3 Å². The molecule has 2 N–H and O–H groups in total. The van der Waals surface area contributed by atoms with Gasteiger partial charge >= 0.3 is 12.1 Å². The summed E-state index contributed by atoms with van der Waals surface area (Å²) in [4.78, 5) is 26.2. The summed E-state index contributed by atoms with van der Waals surface area (Å²) >= 11 is 5.79. The molecule has 2 unspecified atom stereocenters. The van der Waals surface area contributed by atoms with Crippen LogP contribution in [-0.4, -0.2) is 34.1 Å². The number of rotatable bonds is 7.